The van der Waals surface area contributed by atoms with Crippen LogP contribution in [0.25, 0.3) is 0 Å². The highest BCUT2D eigenvalue weighted by Crippen LogP contribution is 1.39. The number of amides is 1. The van der Waals surface area contributed by atoms with Crippen molar-refractivity contribution in [3.05, 3.63) is 10.1 Å². The van der Waals surface area contributed by atoms with Crippen LogP contribution in [0, 0.1) is 10.1 Å². The number of nitrogens with two attached hydrogens (primary N) is 2. The smallest absolute Gasteiger partial charge is 0.214 e. The van der Waals surface area contributed by atoms with E-state index in [4.69, 9.17) is 20.0 Å². The molecule has 0 aliphatic heterocycles. The topological polar surface area (TPSA) is 150 Å². The fourth-order valence-corrected chi connectivity index (χ4v) is 0. The number of aldehydes is 1. The van der Waals surface area contributed by atoms with Crippen molar-refractivity contribution in [2.24, 2.45) is 11.5 Å². The number of nitro groups is 1. The lowest BCUT2D eigenvalue weighted by molar-refractivity contribution is -0.445. The van der Waals surface area contributed by atoms with Gasteiger partial charge in [0, 0.05) is 19.0 Å². The van der Waals surface area contributed by atoms with Crippen molar-refractivity contribution in [3.8, 4) is 0 Å². The van der Waals surface area contributed by atoms with Crippen LogP contribution in [0.5, 0.6) is 0 Å². The highest BCUT2D eigenvalue weighted by Gasteiger charge is 1.61. The summed E-state index contributed by atoms with van der Waals surface area (Å²) in [4.78, 5) is 26.3. The van der Waals surface area contributed by atoms with E-state index >= 15 is 0 Å². The van der Waals surface area contributed by atoms with E-state index in [1.54, 1.807) is 0 Å². The lowest BCUT2D eigenvalue weighted by Crippen LogP contribution is -2.01. The minimum absolute atomic E-state index is 0.333. The molecule has 0 saturated heterocycles. The Hall–Kier alpha value is -1.54. The van der Waals surface area contributed by atoms with Crippen LogP contribution in [0.1, 0.15) is 27.7 Å². The van der Waals surface area contributed by atoms with Gasteiger partial charge in [0.25, 0.3) is 0 Å². The number of hydrogen-bond donors (Lipinski definition) is 3. The average Bonchev–Trinajstić information content (AvgIpc) is 2.25. The Balaban J connectivity index is -0.0000000221. The normalized spacial score (nSPS) is 4.76. The molecule has 8 heteroatoms. The van der Waals surface area contributed by atoms with Crippen molar-refractivity contribution in [1.29, 1.82) is 0 Å². The molecule has 0 heterocycles. The molecule has 8 nitrogen and oxygen atoms in total. The van der Waals surface area contributed by atoms with Gasteiger partial charge in [0.1, 0.15) is 6.29 Å². The van der Waals surface area contributed by atoms with E-state index in [1.165, 1.54) is 20.9 Å². The summed E-state index contributed by atoms with van der Waals surface area (Å²) in [6, 6.07) is 0. The minimum Gasteiger partial charge on any atom is -0.400 e. The molecule has 0 spiro atoms. The first kappa shape index (κ1) is 36.1. The molecule has 0 rings (SSSR count). The zero-order valence-electron chi connectivity index (χ0n) is 11.8. The highest BCUT2D eigenvalue weighted by molar-refractivity contribution is 5.70. The standard InChI is InChI=1S/C2H5NO.C2H4O.C2H6.CH3NO2.CH5N.CH4O/c1-2(3)4;1-2-3;1-2;1-2(3)4;2*1-2/h1H3,(H2,3,4);2H,1H3;1-2H3;1H3;2H2,1H3;2H,1H3. The molecule has 108 valence electrons. The van der Waals surface area contributed by atoms with Crippen LogP contribution in [-0.2, 0) is 9.59 Å². The maximum Gasteiger partial charge on any atom is 0.214 e. The minimum atomic E-state index is -0.500. The molecule has 0 atom stereocenters. The van der Waals surface area contributed by atoms with Crippen molar-refractivity contribution < 1.29 is 19.6 Å². The summed E-state index contributed by atoms with van der Waals surface area (Å²) in [6.07, 6.45) is 0.750. The van der Waals surface area contributed by atoms with Gasteiger partial charge in [0.05, 0.1) is 0 Å². The zero-order chi connectivity index (χ0) is 15.9. The van der Waals surface area contributed by atoms with E-state index in [2.05, 4.69) is 11.5 Å². The number of carbonyl (C=O) groups excluding carboxylic acids is 2. The molecule has 5 N–H and O–H groups in total. The van der Waals surface area contributed by atoms with E-state index in [-0.39, 0.29) is 5.91 Å². The Morgan fingerprint density at radius 1 is 1.29 bits per heavy atom. The maximum absolute atomic E-state index is 9.22. The fourth-order valence-electron chi connectivity index (χ4n) is 0. The lowest BCUT2D eigenvalue weighted by Gasteiger charge is -1.63. The van der Waals surface area contributed by atoms with Gasteiger partial charge in [-0.1, -0.05) is 13.8 Å². The monoisotopic (exact) mass is 257 g/mol. The molecule has 0 radical (unpaired) electrons. The van der Waals surface area contributed by atoms with Crippen molar-refractivity contribution in [3.63, 3.8) is 0 Å². The van der Waals surface area contributed by atoms with E-state index < -0.39 is 4.92 Å². The number of nitrogens with zero attached hydrogens (tertiary/aromatic N) is 1. The SMILES string of the molecule is CC.CC(N)=O.CC=O.CN.CO.C[N+](=O)[O-]. The molecule has 0 aliphatic carbocycles. The Morgan fingerprint density at radius 2 is 1.29 bits per heavy atom. The summed E-state index contributed by atoms with van der Waals surface area (Å²) in [6.45, 7) is 6.75. The third-order valence-electron chi connectivity index (χ3n) is 0. The molecule has 1 amide bonds. The van der Waals surface area contributed by atoms with E-state index in [0.717, 1.165) is 20.4 Å². The predicted octanol–water partition coefficient (Wildman–Crippen LogP) is -0.201. The molecule has 0 aromatic heterocycles. The molecule has 17 heavy (non-hydrogen) atoms. The van der Waals surface area contributed by atoms with Crippen LogP contribution >= 0.6 is 0 Å². The number of carbonyl (C=O) groups is 2. The molecular weight excluding hydrogens is 230 g/mol. The second-order valence-electron chi connectivity index (χ2n) is 1.29. The van der Waals surface area contributed by atoms with Gasteiger partial charge in [-0.2, -0.15) is 0 Å². The summed E-state index contributed by atoms with van der Waals surface area (Å²) in [7, 11) is 3.39. The van der Waals surface area contributed by atoms with Crippen LogP contribution in [0.15, 0.2) is 0 Å². The van der Waals surface area contributed by atoms with Gasteiger partial charge < -0.3 is 21.4 Å². The number of rotatable bonds is 0. The number of aliphatic hydroxyl groups is 1. The van der Waals surface area contributed by atoms with Gasteiger partial charge in [0.15, 0.2) is 7.05 Å². The van der Waals surface area contributed by atoms with E-state index in [0.29, 0.717) is 0 Å². The average molecular weight is 257 g/mol. The zero-order valence-corrected chi connectivity index (χ0v) is 11.8. The molecular formula is C9H27N3O5. The summed E-state index contributed by atoms with van der Waals surface area (Å²) < 4.78 is 0. The van der Waals surface area contributed by atoms with Gasteiger partial charge in [-0.15, -0.1) is 0 Å². The van der Waals surface area contributed by atoms with Gasteiger partial charge in [-0.3, -0.25) is 14.9 Å². The molecule has 0 bridgehead atoms. The second-order valence-corrected chi connectivity index (χ2v) is 1.29. The highest BCUT2D eigenvalue weighted by atomic mass is 16.6. The van der Waals surface area contributed by atoms with Crippen LogP contribution in [0.2, 0.25) is 0 Å². The number of primary amides is 1. The summed E-state index contributed by atoms with van der Waals surface area (Å²) in [5, 5.41) is 15.8. The first-order valence-corrected chi connectivity index (χ1v) is 4.64. The van der Waals surface area contributed by atoms with Crippen LogP contribution in [0.4, 0.5) is 0 Å². The molecule has 0 unspecified atom stereocenters. The molecule has 0 fully saturated rings. The Bertz CT molecular complexity index is 112. The number of hydrogen-bond acceptors (Lipinski definition) is 6. The third-order valence-corrected chi connectivity index (χ3v) is 0. The van der Waals surface area contributed by atoms with Crippen LogP contribution in [-0.4, -0.2) is 43.4 Å². The first-order chi connectivity index (χ1) is 7.88. The van der Waals surface area contributed by atoms with Crippen molar-refractivity contribution in [1.82, 2.24) is 0 Å². The summed E-state index contributed by atoms with van der Waals surface area (Å²) in [5.74, 6) is -0.333. The molecule has 0 aliphatic rings. The van der Waals surface area contributed by atoms with Gasteiger partial charge in [0.2, 0.25) is 5.91 Å². The van der Waals surface area contributed by atoms with E-state index in [9.17, 15) is 4.79 Å². The Kier molecular flexibility index (Phi) is 187. The van der Waals surface area contributed by atoms with E-state index in [1.807, 2.05) is 13.8 Å². The third kappa shape index (κ3) is 947. The summed E-state index contributed by atoms with van der Waals surface area (Å²) >= 11 is 0. The van der Waals surface area contributed by atoms with Crippen molar-refractivity contribution in [2.75, 3.05) is 21.2 Å². The molecule has 0 saturated carbocycles. The van der Waals surface area contributed by atoms with Crippen LogP contribution < -0.4 is 11.5 Å². The number of aliphatic hydroxyl groups excluding tert-OH is 1. The predicted molar refractivity (Wildman–Crippen MR) is 69.1 cm³/mol. The van der Waals surface area contributed by atoms with Crippen molar-refractivity contribution in [2.45, 2.75) is 27.7 Å². The van der Waals surface area contributed by atoms with Crippen LogP contribution in [0.3, 0.4) is 0 Å². The molecule has 0 aromatic rings. The Labute approximate surface area is 103 Å². The lowest BCUT2D eigenvalue weighted by atomic mass is 10.8. The van der Waals surface area contributed by atoms with Gasteiger partial charge >= 0.3 is 0 Å². The van der Waals surface area contributed by atoms with Gasteiger partial charge in [-0.05, 0) is 14.0 Å². The second kappa shape index (κ2) is 87.9. The first-order valence-electron chi connectivity index (χ1n) is 4.64. The largest absolute Gasteiger partial charge is 0.400 e. The van der Waals surface area contributed by atoms with Crippen molar-refractivity contribution >= 4 is 12.2 Å². The fraction of sp³-hybridized carbons (Fsp3) is 0.778. The van der Waals surface area contributed by atoms with Gasteiger partial charge in [-0.25, -0.2) is 0 Å². The quantitative estimate of drug-likeness (QED) is 0.310. The molecule has 0 aromatic carbocycles. The maximum atomic E-state index is 9.22. The Morgan fingerprint density at radius 3 is 1.29 bits per heavy atom. The summed E-state index contributed by atoms with van der Waals surface area (Å²) in [5.41, 5.74) is 8.97.